The summed E-state index contributed by atoms with van der Waals surface area (Å²) >= 11 is 0. The van der Waals surface area contributed by atoms with Crippen LogP contribution in [-0.2, 0) is 25.5 Å². The topological polar surface area (TPSA) is 107 Å². The normalized spacial score (nSPS) is 49.6. The lowest BCUT2D eigenvalue weighted by Gasteiger charge is -2.64. The van der Waals surface area contributed by atoms with Crippen LogP contribution in [0.15, 0.2) is 16.9 Å². The van der Waals surface area contributed by atoms with Gasteiger partial charge in [0.2, 0.25) is 5.89 Å². The van der Waals surface area contributed by atoms with Crippen LogP contribution in [0, 0.1) is 50.7 Å². The van der Waals surface area contributed by atoms with Crippen LogP contribution in [-0.4, -0.2) is 88.8 Å². The minimum Gasteiger partial charge on any atom is -0.448 e. The molecular weight excluding hydrogens is 620 g/mol. The first-order valence-electron chi connectivity index (χ1n) is 19.7. The van der Waals surface area contributed by atoms with Gasteiger partial charge in [0.1, 0.15) is 12.4 Å². The van der Waals surface area contributed by atoms with Gasteiger partial charge in [0.15, 0.2) is 6.29 Å². The van der Waals surface area contributed by atoms with Gasteiger partial charge in [0.05, 0.1) is 55.9 Å². The van der Waals surface area contributed by atoms with Crippen molar-refractivity contribution in [2.24, 2.45) is 50.7 Å². The molecule has 1 aromatic heterocycles. The number of morpholine rings is 1. The zero-order valence-electron chi connectivity index (χ0n) is 31.5. The maximum atomic E-state index is 12.6. The maximum Gasteiger partial charge on any atom is 0.208 e. The number of fused-ring (bicyclic) bond motifs is 4. The lowest BCUT2D eigenvalue weighted by molar-refractivity contribution is -0.249. The molecule has 4 unspecified atom stereocenters. The summed E-state index contributed by atoms with van der Waals surface area (Å²) in [5, 5.41) is 23.7. The van der Waals surface area contributed by atoms with Crippen LogP contribution in [0.25, 0.3) is 0 Å². The van der Waals surface area contributed by atoms with Crippen LogP contribution >= 0.6 is 0 Å². The molecule has 5 saturated carbocycles. The summed E-state index contributed by atoms with van der Waals surface area (Å²) in [6, 6.07) is 0. The van der Waals surface area contributed by atoms with Crippen molar-refractivity contribution in [1.82, 2.24) is 9.88 Å². The average molecular weight is 685 g/mol. The first kappa shape index (κ1) is 35.0. The number of aliphatic hydroxyl groups excluding tert-OH is 1. The third-order valence-corrected chi connectivity index (χ3v) is 16.4. The third kappa shape index (κ3) is 4.91. The van der Waals surface area contributed by atoms with E-state index in [0.29, 0.717) is 54.3 Å². The van der Waals surface area contributed by atoms with E-state index in [0.717, 1.165) is 44.7 Å². The third-order valence-electron chi connectivity index (χ3n) is 16.4. The van der Waals surface area contributed by atoms with Gasteiger partial charge in [-0.3, -0.25) is 4.90 Å². The Bertz CT molecular complexity index is 1360. The highest BCUT2D eigenvalue weighted by molar-refractivity contribution is 5.33. The van der Waals surface area contributed by atoms with Gasteiger partial charge in [-0.15, -0.1) is 0 Å². The van der Waals surface area contributed by atoms with Crippen molar-refractivity contribution in [3.63, 3.8) is 0 Å². The Balaban J connectivity index is 1.01. The summed E-state index contributed by atoms with van der Waals surface area (Å²) < 4.78 is 31.7. The highest BCUT2D eigenvalue weighted by atomic mass is 16.7. The van der Waals surface area contributed by atoms with E-state index in [4.69, 9.17) is 23.4 Å². The molecular formula is C40H64N2O7. The van der Waals surface area contributed by atoms with E-state index in [-0.39, 0.29) is 40.8 Å². The predicted molar refractivity (Wildman–Crippen MR) is 184 cm³/mol. The monoisotopic (exact) mass is 684 g/mol. The minimum absolute atomic E-state index is 0.00897. The summed E-state index contributed by atoms with van der Waals surface area (Å²) in [4.78, 5) is 6.65. The average Bonchev–Trinajstić information content (AvgIpc) is 3.33. The molecule has 49 heavy (non-hydrogen) atoms. The van der Waals surface area contributed by atoms with Crippen LogP contribution < -0.4 is 0 Å². The number of aliphatic hydroxyl groups is 2. The van der Waals surface area contributed by atoms with Gasteiger partial charge >= 0.3 is 0 Å². The van der Waals surface area contributed by atoms with E-state index in [1.807, 2.05) is 20.8 Å². The van der Waals surface area contributed by atoms with E-state index in [1.165, 1.54) is 25.7 Å². The highest BCUT2D eigenvalue weighted by Crippen LogP contribution is 2.89. The SMILES string of the molecule is CCO[C@@H](C1C[C@@H](C)[C@H]2C(O1)[C@H](O)[C@@]1(C)C3CC[C@H]4C(C)(C)[C@@H](O[C@H]5CN(Cc6ncco6)CCO5)CC[C@@]45CC35CC[C@]21C)C(C)(C)O. The Hall–Kier alpha value is -1.07. The molecule has 7 aliphatic rings. The van der Waals surface area contributed by atoms with E-state index in [1.54, 1.807) is 12.5 Å². The zero-order chi connectivity index (χ0) is 34.8. The van der Waals surface area contributed by atoms with Gasteiger partial charge in [0.25, 0.3) is 0 Å². The lowest BCUT2D eigenvalue weighted by atomic mass is 9.41. The van der Waals surface area contributed by atoms with Gasteiger partial charge in [-0.25, -0.2) is 4.98 Å². The number of rotatable bonds is 8. The van der Waals surface area contributed by atoms with E-state index >= 15 is 0 Å². The van der Waals surface area contributed by atoms with Crippen LogP contribution in [0.4, 0.5) is 0 Å². The first-order chi connectivity index (χ1) is 23.1. The molecule has 2 saturated heterocycles. The highest BCUT2D eigenvalue weighted by Gasteiger charge is 2.84. The standard InChI is InChI=1S/C40H64N2O7/c1-9-45-34(36(5,6)44)25-20-24(2)31-32(48-25)33(43)38(8)27-11-10-26-35(3,4)28(12-13-39(26)23-40(27,39)15-14-37(31,38)7)49-30-22-42(17-19-47-30)21-29-41-16-18-46-29/h16,18,24-28,30-34,43-44H,9-15,17,19-23H2,1-8H3/t24-,25?,26+,27?,28+,30+,31+,32?,33+,34+,37-,38-,39-,40?/m1/s1. The van der Waals surface area contributed by atoms with Gasteiger partial charge in [-0.2, -0.15) is 0 Å². The predicted octanol–water partition coefficient (Wildman–Crippen LogP) is 6.21. The fourth-order valence-electron chi connectivity index (χ4n) is 14.3. The molecule has 8 rings (SSSR count). The summed E-state index contributed by atoms with van der Waals surface area (Å²) in [6.45, 7) is 21.4. The number of nitrogens with zero attached hydrogens (tertiary/aromatic N) is 2. The molecule has 2 N–H and O–H groups in total. The molecule has 3 heterocycles. The molecule has 5 aliphatic carbocycles. The number of ether oxygens (including phenoxy) is 4. The van der Waals surface area contributed by atoms with Crippen LogP contribution in [0.2, 0.25) is 0 Å². The number of hydrogen-bond donors (Lipinski definition) is 2. The summed E-state index contributed by atoms with van der Waals surface area (Å²) in [7, 11) is 0. The van der Waals surface area contributed by atoms with Crippen molar-refractivity contribution in [3.05, 3.63) is 18.4 Å². The molecule has 7 fully saturated rings. The Kier molecular flexibility index (Phi) is 8.36. The Morgan fingerprint density at radius 3 is 2.55 bits per heavy atom. The molecule has 276 valence electrons. The van der Waals surface area contributed by atoms with Crippen LogP contribution in [0.5, 0.6) is 0 Å². The molecule has 0 aromatic carbocycles. The molecule has 0 radical (unpaired) electrons. The molecule has 9 nitrogen and oxygen atoms in total. The number of hydrogen-bond acceptors (Lipinski definition) is 9. The smallest absolute Gasteiger partial charge is 0.208 e. The zero-order valence-corrected chi connectivity index (χ0v) is 31.5. The quantitative estimate of drug-likeness (QED) is 0.331. The van der Waals surface area contributed by atoms with Gasteiger partial charge in [-0.1, -0.05) is 34.6 Å². The lowest BCUT2D eigenvalue weighted by Crippen LogP contribution is -2.60. The minimum atomic E-state index is -1.02. The maximum absolute atomic E-state index is 12.6. The Labute approximate surface area is 294 Å². The molecule has 2 spiro atoms. The van der Waals surface area contributed by atoms with Crippen molar-refractivity contribution >= 4 is 0 Å². The molecule has 14 atom stereocenters. The van der Waals surface area contributed by atoms with Crippen molar-refractivity contribution in [2.75, 3.05) is 26.3 Å². The summed E-state index contributed by atoms with van der Waals surface area (Å²) in [6.07, 6.45) is 11.1. The number of oxazole rings is 1. The largest absolute Gasteiger partial charge is 0.448 e. The van der Waals surface area contributed by atoms with E-state index < -0.39 is 17.8 Å². The van der Waals surface area contributed by atoms with Gasteiger partial charge in [-0.05, 0) is 117 Å². The second kappa shape index (κ2) is 11.7. The van der Waals surface area contributed by atoms with Gasteiger partial charge < -0.3 is 33.6 Å². The van der Waals surface area contributed by atoms with Crippen LogP contribution in [0.1, 0.15) is 113 Å². The molecule has 0 bridgehead atoms. The molecule has 2 aliphatic heterocycles. The second-order valence-electron chi connectivity index (χ2n) is 19.2. The summed E-state index contributed by atoms with van der Waals surface area (Å²) in [5.41, 5.74) is -0.560. The Morgan fingerprint density at radius 2 is 1.84 bits per heavy atom. The molecule has 1 aromatic rings. The second-order valence-corrected chi connectivity index (χ2v) is 19.2. The fourth-order valence-corrected chi connectivity index (χ4v) is 14.3. The van der Waals surface area contributed by atoms with Crippen molar-refractivity contribution < 1.29 is 33.6 Å². The summed E-state index contributed by atoms with van der Waals surface area (Å²) in [5.74, 6) is 2.52. The fraction of sp³-hybridized carbons (Fsp3) is 0.925. The number of aromatic nitrogens is 1. The van der Waals surface area contributed by atoms with Crippen LogP contribution in [0.3, 0.4) is 0 Å². The van der Waals surface area contributed by atoms with Gasteiger partial charge in [0, 0.05) is 18.6 Å². The Morgan fingerprint density at radius 1 is 1.08 bits per heavy atom. The molecule has 0 amide bonds. The van der Waals surface area contributed by atoms with Crippen molar-refractivity contribution in [1.29, 1.82) is 0 Å². The van der Waals surface area contributed by atoms with Crippen molar-refractivity contribution in [3.8, 4) is 0 Å². The van der Waals surface area contributed by atoms with Crippen molar-refractivity contribution in [2.45, 2.75) is 156 Å². The first-order valence-corrected chi connectivity index (χ1v) is 19.7. The molecule has 9 heteroatoms. The van der Waals surface area contributed by atoms with E-state index in [2.05, 4.69) is 44.5 Å². The van der Waals surface area contributed by atoms with E-state index in [9.17, 15) is 10.2 Å².